The molecular formula is C9H7ClO3S. The van der Waals surface area contributed by atoms with Gasteiger partial charge in [0.15, 0.2) is 0 Å². The van der Waals surface area contributed by atoms with E-state index in [1.807, 2.05) is 0 Å². The van der Waals surface area contributed by atoms with Gasteiger partial charge in [-0.25, -0.2) is 8.42 Å². The van der Waals surface area contributed by atoms with Crippen LogP contribution in [0.3, 0.4) is 0 Å². The Kier molecular flexibility index (Phi) is 2.14. The summed E-state index contributed by atoms with van der Waals surface area (Å²) in [6, 6.07) is 4.54. The minimum absolute atomic E-state index is 0.0229. The zero-order valence-electron chi connectivity index (χ0n) is 7.07. The van der Waals surface area contributed by atoms with Crippen LogP contribution in [-0.2, 0) is 9.84 Å². The minimum atomic E-state index is -3.46. The normalized spacial score (nSPS) is 17.7. The summed E-state index contributed by atoms with van der Waals surface area (Å²) in [6.07, 6.45) is 1.44. The van der Waals surface area contributed by atoms with Crippen LogP contribution in [0, 0.1) is 0 Å². The maximum absolute atomic E-state index is 11.7. The Morgan fingerprint density at radius 3 is 2.71 bits per heavy atom. The summed E-state index contributed by atoms with van der Waals surface area (Å²) in [5, 5.41) is 9.34. The van der Waals surface area contributed by atoms with Crippen LogP contribution in [0.4, 0.5) is 0 Å². The summed E-state index contributed by atoms with van der Waals surface area (Å²) in [6.45, 7) is -0.478. The molecule has 14 heavy (non-hydrogen) atoms. The van der Waals surface area contributed by atoms with Crippen molar-refractivity contribution in [3.8, 4) is 0 Å². The molecule has 1 aromatic carbocycles. The first-order chi connectivity index (χ1) is 6.55. The van der Waals surface area contributed by atoms with Gasteiger partial charge in [-0.2, -0.15) is 0 Å². The van der Waals surface area contributed by atoms with Crippen LogP contribution in [0.15, 0.2) is 28.0 Å². The fraction of sp³-hybridized carbons (Fsp3) is 0.111. The predicted octanol–water partition coefficient (Wildman–Crippen LogP) is 1.46. The molecule has 1 heterocycles. The summed E-state index contributed by atoms with van der Waals surface area (Å²) >= 11 is 5.72. The highest BCUT2D eigenvalue weighted by molar-refractivity contribution is 7.95. The molecule has 0 unspecified atom stereocenters. The molecule has 0 aliphatic carbocycles. The number of hydrogen-bond acceptors (Lipinski definition) is 3. The Morgan fingerprint density at radius 2 is 2.07 bits per heavy atom. The standard InChI is InChI=1S/C9H7ClO3S/c10-7-1-2-9-6(3-7)4-8(5-11)14(9,12)13/h1-4,11H,5H2. The number of aliphatic hydroxyl groups excluding tert-OH is 1. The van der Waals surface area contributed by atoms with Crippen LogP contribution < -0.4 is 0 Å². The second kappa shape index (κ2) is 3.08. The largest absolute Gasteiger partial charge is 0.391 e. The quantitative estimate of drug-likeness (QED) is 0.795. The molecule has 0 atom stereocenters. The van der Waals surface area contributed by atoms with Crippen molar-refractivity contribution < 1.29 is 13.5 Å². The van der Waals surface area contributed by atoms with E-state index >= 15 is 0 Å². The van der Waals surface area contributed by atoms with Crippen molar-refractivity contribution in [3.63, 3.8) is 0 Å². The molecule has 1 aliphatic heterocycles. The Labute approximate surface area is 86.6 Å². The molecule has 0 amide bonds. The molecule has 0 saturated heterocycles. The average molecular weight is 231 g/mol. The van der Waals surface area contributed by atoms with Crippen molar-refractivity contribution in [3.05, 3.63) is 33.7 Å². The number of benzene rings is 1. The van der Waals surface area contributed by atoms with E-state index < -0.39 is 16.4 Å². The maximum Gasteiger partial charge on any atom is 0.205 e. The second-order valence-corrected chi connectivity index (χ2v) is 5.36. The number of sulfone groups is 1. The van der Waals surface area contributed by atoms with Crippen molar-refractivity contribution in [1.82, 2.24) is 0 Å². The lowest BCUT2D eigenvalue weighted by Crippen LogP contribution is -2.03. The molecule has 0 fully saturated rings. The van der Waals surface area contributed by atoms with Crippen LogP contribution in [0.5, 0.6) is 0 Å². The van der Waals surface area contributed by atoms with Gasteiger partial charge in [0.05, 0.1) is 16.4 Å². The first-order valence-corrected chi connectivity index (χ1v) is 5.78. The highest BCUT2D eigenvalue weighted by Gasteiger charge is 2.28. The summed E-state index contributed by atoms with van der Waals surface area (Å²) in [7, 11) is -3.46. The Balaban J connectivity index is 2.71. The Bertz CT molecular complexity index is 517. The van der Waals surface area contributed by atoms with Gasteiger partial charge in [-0.15, -0.1) is 0 Å². The molecule has 1 N–H and O–H groups in total. The van der Waals surface area contributed by atoms with E-state index in [-0.39, 0.29) is 9.80 Å². The highest BCUT2D eigenvalue weighted by Crippen LogP contribution is 2.33. The fourth-order valence-electron chi connectivity index (χ4n) is 1.40. The number of fused-ring (bicyclic) bond motifs is 1. The van der Waals surface area contributed by atoms with Gasteiger partial charge in [0.2, 0.25) is 9.84 Å². The zero-order valence-corrected chi connectivity index (χ0v) is 8.64. The van der Waals surface area contributed by atoms with Gasteiger partial charge in [-0.3, -0.25) is 0 Å². The third-order valence-corrected chi connectivity index (χ3v) is 4.20. The molecule has 0 saturated carbocycles. The monoisotopic (exact) mass is 230 g/mol. The lowest BCUT2D eigenvalue weighted by Gasteiger charge is -2.00. The van der Waals surface area contributed by atoms with Gasteiger partial charge in [-0.05, 0) is 29.8 Å². The van der Waals surface area contributed by atoms with Crippen LogP contribution >= 0.6 is 11.6 Å². The molecule has 0 spiro atoms. The predicted molar refractivity (Wildman–Crippen MR) is 53.7 cm³/mol. The van der Waals surface area contributed by atoms with Crippen LogP contribution in [0.1, 0.15) is 5.56 Å². The number of hydrogen-bond donors (Lipinski definition) is 1. The van der Waals surface area contributed by atoms with E-state index in [2.05, 4.69) is 0 Å². The van der Waals surface area contributed by atoms with Crippen molar-refractivity contribution in [2.24, 2.45) is 0 Å². The zero-order chi connectivity index (χ0) is 10.3. The number of rotatable bonds is 1. The molecule has 0 radical (unpaired) electrons. The molecule has 1 aliphatic rings. The second-order valence-electron chi connectivity index (χ2n) is 2.95. The van der Waals surface area contributed by atoms with Crippen LogP contribution in [-0.4, -0.2) is 20.1 Å². The van der Waals surface area contributed by atoms with Gasteiger partial charge in [-0.1, -0.05) is 11.6 Å². The van der Waals surface area contributed by atoms with E-state index in [0.717, 1.165) is 0 Å². The van der Waals surface area contributed by atoms with E-state index in [4.69, 9.17) is 16.7 Å². The van der Waals surface area contributed by atoms with Crippen molar-refractivity contribution >= 4 is 27.5 Å². The minimum Gasteiger partial charge on any atom is -0.391 e. The van der Waals surface area contributed by atoms with E-state index in [0.29, 0.717) is 10.6 Å². The van der Waals surface area contributed by atoms with Gasteiger partial charge in [0.1, 0.15) is 0 Å². The van der Waals surface area contributed by atoms with E-state index in [1.54, 1.807) is 6.07 Å². The summed E-state index contributed by atoms with van der Waals surface area (Å²) < 4.78 is 23.3. The van der Waals surface area contributed by atoms with Gasteiger partial charge < -0.3 is 5.11 Å². The number of halogens is 1. The smallest absolute Gasteiger partial charge is 0.205 e. The van der Waals surface area contributed by atoms with Gasteiger partial charge in [0.25, 0.3) is 0 Å². The van der Waals surface area contributed by atoms with Crippen molar-refractivity contribution in [2.45, 2.75) is 4.90 Å². The molecule has 0 bridgehead atoms. The van der Waals surface area contributed by atoms with Crippen LogP contribution in [0.25, 0.3) is 6.08 Å². The highest BCUT2D eigenvalue weighted by atomic mass is 35.5. The topological polar surface area (TPSA) is 54.4 Å². The fourth-order valence-corrected chi connectivity index (χ4v) is 2.99. The summed E-state index contributed by atoms with van der Waals surface area (Å²) in [5.74, 6) is 0. The average Bonchev–Trinajstić information content (AvgIpc) is 2.37. The summed E-state index contributed by atoms with van der Waals surface area (Å²) in [4.78, 5) is 0.237. The molecule has 5 heteroatoms. The van der Waals surface area contributed by atoms with E-state index in [1.165, 1.54) is 18.2 Å². The molecule has 2 rings (SSSR count). The summed E-state index contributed by atoms with van der Waals surface area (Å²) in [5.41, 5.74) is 0.543. The van der Waals surface area contributed by atoms with E-state index in [9.17, 15) is 8.42 Å². The molecular weight excluding hydrogens is 224 g/mol. The van der Waals surface area contributed by atoms with Crippen molar-refractivity contribution in [2.75, 3.05) is 6.61 Å². The van der Waals surface area contributed by atoms with Gasteiger partial charge in [0, 0.05) is 5.02 Å². The SMILES string of the molecule is O=S1(=O)C(CO)=Cc2cc(Cl)ccc21. The lowest BCUT2D eigenvalue weighted by atomic mass is 10.2. The lowest BCUT2D eigenvalue weighted by molar-refractivity contribution is 0.339. The molecule has 3 nitrogen and oxygen atoms in total. The first kappa shape index (κ1) is 9.71. The molecule has 0 aromatic heterocycles. The third kappa shape index (κ3) is 1.27. The first-order valence-electron chi connectivity index (χ1n) is 3.92. The number of aliphatic hydroxyl groups is 1. The Morgan fingerprint density at radius 1 is 1.36 bits per heavy atom. The van der Waals surface area contributed by atoms with Crippen LogP contribution in [0.2, 0.25) is 5.02 Å². The molecule has 74 valence electrons. The van der Waals surface area contributed by atoms with Gasteiger partial charge >= 0.3 is 0 Å². The molecule has 1 aromatic rings. The Hall–Kier alpha value is -0.840. The third-order valence-electron chi connectivity index (χ3n) is 2.08. The van der Waals surface area contributed by atoms with Crippen molar-refractivity contribution in [1.29, 1.82) is 0 Å². The maximum atomic E-state index is 11.7.